The second-order valence-corrected chi connectivity index (χ2v) is 5.60. The minimum atomic E-state index is -0.511. The van der Waals surface area contributed by atoms with E-state index in [2.05, 4.69) is 15.6 Å². The van der Waals surface area contributed by atoms with Gasteiger partial charge in [-0.25, -0.2) is 4.79 Å². The molecule has 0 aliphatic carbocycles. The number of methoxy groups -OCH3 is 1. The van der Waals surface area contributed by atoms with Crippen molar-refractivity contribution in [1.82, 2.24) is 10.3 Å². The molecular weight excluding hydrogens is 294 g/mol. The van der Waals surface area contributed by atoms with Crippen LogP contribution >= 0.6 is 0 Å². The Hall–Kier alpha value is -2.60. The van der Waals surface area contributed by atoms with E-state index in [0.29, 0.717) is 11.3 Å². The molecule has 0 bridgehead atoms. The first-order chi connectivity index (χ1) is 11.1. The lowest BCUT2D eigenvalue weighted by Gasteiger charge is -2.17. The van der Waals surface area contributed by atoms with Crippen LogP contribution in [0.3, 0.4) is 0 Å². The minimum Gasteiger partial charge on any atom is -0.464 e. The van der Waals surface area contributed by atoms with Crippen molar-refractivity contribution >= 4 is 17.6 Å². The number of nitrogens with one attached hydrogen (secondary N) is 3. The van der Waals surface area contributed by atoms with E-state index in [1.807, 2.05) is 25.1 Å². The van der Waals surface area contributed by atoms with Gasteiger partial charge < -0.3 is 20.4 Å². The average Bonchev–Trinajstić information content (AvgIpc) is 2.94. The van der Waals surface area contributed by atoms with E-state index in [-0.39, 0.29) is 11.6 Å². The number of carbonyl (C=O) groups is 2. The number of H-pyrrole nitrogens is 1. The number of aromatic amines is 1. The molecule has 23 heavy (non-hydrogen) atoms. The van der Waals surface area contributed by atoms with E-state index in [0.717, 1.165) is 30.8 Å². The normalized spacial score (nSPS) is 13.3. The number of amides is 1. The molecule has 1 aromatic carbocycles. The number of benzene rings is 1. The molecule has 0 atom stereocenters. The van der Waals surface area contributed by atoms with Gasteiger partial charge in [0.1, 0.15) is 5.69 Å². The van der Waals surface area contributed by atoms with E-state index in [1.54, 1.807) is 6.07 Å². The Balaban J connectivity index is 1.83. The molecule has 3 N–H and O–H groups in total. The van der Waals surface area contributed by atoms with Crippen molar-refractivity contribution in [1.29, 1.82) is 0 Å². The first-order valence-corrected chi connectivity index (χ1v) is 7.50. The SMILES string of the molecule is COC(=O)c1[nH]c(C)cc1NC(=O)c1ccc2c(c1)CNCC2. The molecule has 6 heteroatoms. The van der Waals surface area contributed by atoms with Crippen molar-refractivity contribution in [2.24, 2.45) is 0 Å². The average molecular weight is 313 g/mol. The monoisotopic (exact) mass is 313 g/mol. The molecule has 0 fully saturated rings. The summed E-state index contributed by atoms with van der Waals surface area (Å²) in [6.07, 6.45) is 0.973. The Morgan fingerprint density at radius 3 is 2.83 bits per heavy atom. The Morgan fingerprint density at radius 2 is 2.04 bits per heavy atom. The highest BCUT2D eigenvalue weighted by molar-refractivity contribution is 6.07. The summed E-state index contributed by atoms with van der Waals surface area (Å²) in [6.45, 7) is 3.55. The summed E-state index contributed by atoms with van der Waals surface area (Å²) in [5, 5.41) is 6.07. The largest absolute Gasteiger partial charge is 0.464 e. The Bertz CT molecular complexity index is 764. The molecule has 0 spiro atoms. The highest BCUT2D eigenvalue weighted by Gasteiger charge is 2.18. The zero-order chi connectivity index (χ0) is 16.4. The zero-order valence-electron chi connectivity index (χ0n) is 13.2. The van der Waals surface area contributed by atoms with Crippen molar-refractivity contribution in [3.8, 4) is 0 Å². The fourth-order valence-corrected chi connectivity index (χ4v) is 2.77. The third kappa shape index (κ3) is 3.12. The summed E-state index contributed by atoms with van der Waals surface area (Å²) in [5.74, 6) is -0.759. The molecule has 0 unspecified atom stereocenters. The van der Waals surface area contributed by atoms with E-state index in [9.17, 15) is 9.59 Å². The van der Waals surface area contributed by atoms with E-state index < -0.39 is 5.97 Å². The smallest absolute Gasteiger partial charge is 0.356 e. The molecule has 0 saturated heterocycles. The van der Waals surface area contributed by atoms with Gasteiger partial charge in [0.25, 0.3) is 5.91 Å². The lowest BCUT2D eigenvalue weighted by Crippen LogP contribution is -2.24. The van der Waals surface area contributed by atoms with Crippen molar-refractivity contribution in [3.63, 3.8) is 0 Å². The fourth-order valence-electron chi connectivity index (χ4n) is 2.77. The summed E-state index contributed by atoms with van der Waals surface area (Å²) in [4.78, 5) is 27.1. The van der Waals surface area contributed by atoms with Gasteiger partial charge in [-0.3, -0.25) is 4.79 Å². The summed E-state index contributed by atoms with van der Waals surface area (Å²) >= 11 is 0. The van der Waals surface area contributed by atoms with Gasteiger partial charge in [0.05, 0.1) is 12.8 Å². The Kier molecular flexibility index (Phi) is 4.16. The number of aromatic nitrogens is 1. The molecule has 6 nitrogen and oxygen atoms in total. The van der Waals surface area contributed by atoms with Gasteiger partial charge in [0.15, 0.2) is 0 Å². The number of carbonyl (C=O) groups excluding carboxylic acids is 2. The van der Waals surface area contributed by atoms with Crippen LogP contribution in [0.25, 0.3) is 0 Å². The minimum absolute atomic E-state index is 0.248. The van der Waals surface area contributed by atoms with Gasteiger partial charge in [-0.05, 0) is 49.2 Å². The Labute approximate surface area is 134 Å². The standard InChI is InChI=1S/C17H19N3O3/c1-10-7-14(15(19-10)17(22)23-2)20-16(21)12-4-3-11-5-6-18-9-13(11)8-12/h3-4,7-8,18-19H,5-6,9H2,1-2H3,(H,20,21). The highest BCUT2D eigenvalue weighted by atomic mass is 16.5. The molecule has 0 saturated carbocycles. The van der Waals surface area contributed by atoms with Crippen LogP contribution in [0.5, 0.6) is 0 Å². The van der Waals surface area contributed by atoms with Crippen LogP contribution in [-0.4, -0.2) is 30.5 Å². The number of rotatable bonds is 3. The number of fused-ring (bicyclic) bond motifs is 1. The molecule has 1 aliphatic rings. The molecule has 1 amide bonds. The van der Waals surface area contributed by atoms with E-state index in [4.69, 9.17) is 4.74 Å². The predicted molar refractivity (Wildman–Crippen MR) is 86.7 cm³/mol. The zero-order valence-corrected chi connectivity index (χ0v) is 13.2. The maximum absolute atomic E-state index is 12.5. The quantitative estimate of drug-likeness (QED) is 0.757. The molecule has 2 heterocycles. The van der Waals surface area contributed by atoms with Crippen molar-refractivity contribution < 1.29 is 14.3 Å². The van der Waals surface area contributed by atoms with Crippen molar-refractivity contribution in [3.05, 3.63) is 52.3 Å². The number of hydrogen-bond acceptors (Lipinski definition) is 4. The second-order valence-electron chi connectivity index (χ2n) is 5.60. The molecule has 1 aliphatic heterocycles. The Morgan fingerprint density at radius 1 is 1.22 bits per heavy atom. The van der Waals surface area contributed by atoms with Crippen LogP contribution in [-0.2, 0) is 17.7 Å². The maximum atomic E-state index is 12.5. The van der Waals surface area contributed by atoms with Crippen LogP contribution in [0.2, 0.25) is 0 Å². The molecular formula is C17H19N3O3. The molecule has 120 valence electrons. The van der Waals surface area contributed by atoms with Crippen molar-refractivity contribution in [2.45, 2.75) is 19.9 Å². The first-order valence-electron chi connectivity index (χ1n) is 7.50. The van der Waals surface area contributed by atoms with Gasteiger partial charge in [-0.2, -0.15) is 0 Å². The van der Waals surface area contributed by atoms with Gasteiger partial charge in [-0.15, -0.1) is 0 Å². The summed E-state index contributed by atoms with van der Waals surface area (Å²) in [5.41, 5.74) is 4.43. The van der Waals surface area contributed by atoms with Crippen LogP contribution in [0, 0.1) is 6.92 Å². The predicted octanol–water partition coefficient (Wildman–Crippen LogP) is 2.01. The number of ether oxygens (including phenoxy) is 1. The van der Waals surface area contributed by atoms with E-state index >= 15 is 0 Å². The number of aryl methyl sites for hydroxylation is 1. The fraction of sp³-hybridized carbons (Fsp3) is 0.294. The van der Waals surface area contributed by atoms with Crippen LogP contribution < -0.4 is 10.6 Å². The number of esters is 1. The molecule has 2 aromatic rings. The third-order valence-electron chi connectivity index (χ3n) is 3.95. The van der Waals surface area contributed by atoms with E-state index in [1.165, 1.54) is 12.7 Å². The van der Waals surface area contributed by atoms with Crippen LogP contribution in [0.15, 0.2) is 24.3 Å². The number of hydrogen-bond donors (Lipinski definition) is 3. The van der Waals surface area contributed by atoms with Gasteiger partial charge in [0.2, 0.25) is 0 Å². The maximum Gasteiger partial charge on any atom is 0.356 e. The third-order valence-corrected chi connectivity index (χ3v) is 3.95. The summed E-state index contributed by atoms with van der Waals surface area (Å²) < 4.78 is 4.72. The highest BCUT2D eigenvalue weighted by Crippen LogP contribution is 2.20. The second kappa shape index (κ2) is 6.26. The molecule has 1 aromatic heterocycles. The van der Waals surface area contributed by atoms with Crippen LogP contribution in [0.1, 0.15) is 37.7 Å². The van der Waals surface area contributed by atoms with Gasteiger partial charge in [0, 0.05) is 17.8 Å². The number of anilines is 1. The lowest BCUT2D eigenvalue weighted by molar-refractivity contribution is 0.0596. The molecule has 0 radical (unpaired) electrons. The van der Waals surface area contributed by atoms with Gasteiger partial charge in [-0.1, -0.05) is 6.07 Å². The topological polar surface area (TPSA) is 83.2 Å². The van der Waals surface area contributed by atoms with Crippen molar-refractivity contribution in [2.75, 3.05) is 19.0 Å². The summed E-state index contributed by atoms with van der Waals surface area (Å²) in [6, 6.07) is 7.42. The molecule has 3 rings (SSSR count). The lowest BCUT2D eigenvalue weighted by atomic mass is 9.98. The first kappa shape index (κ1) is 15.3. The van der Waals surface area contributed by atoms with Gasteiger partial charge >= 0.3 is 5.97 Å². The summed E-state index contributed by atoms with van der Waals surface area (Å²) in [7, 11) is 1.31. The van der Waals surface area contributed by atoms with Crippen LogP contribution in [0.4, 0.5) is 5.69 Å².